The van der Waals surface area contributed by atoms with Crippen LogP contribution in [-0.2, 0) is 0 Å². The van der Waals surface area contributed by atoms with Crippen LogP contribution in [0.15, 0.2) is 18.2 Å². The molecule has 0 amide bonds. The van der Waals surface area contributed by atoms with Gasteiger partial charge in [-0.15, -0.1) is 0 Å². The van der Waals surface area contributed by atoms with Crippen molar-refractivity contribution in [2.45, 2.75) is 39.2 Å². The van der Waals surface area contributed by atoms with E-state index < -0.39 is 5.82 Å². The number of hydrogen-bond acceptors (Lipinski definition) is 2. The van der Waals surface area contributed by atoms with E-state index in [1.807, 2.05) is 0 Å². The number of rotatable bonds is 2. The Labute approximate surface area is 124 Å². The molecule has 108 valence electrons. The Hall–Kier alpha value is -1.11. The summed E-state index contributed by atoms with van der Waals surface area (Å²) >= 11 is 5.85. The van der Waals surface area contributed by atoms with Gasteiger partial charge in [0.15, 0.2) is 0 Å². The lowest BCUT2D eigenvalue weighted by Crippen LogP contribution is -2.31. The first-order valence-corrected chi connectivity index (χ1v) is 7.28. The molecule has 1 saturated heterocycles. The third-order valence-corrected chi connectivity index (χ3v) is 4.12. The molecular formula is C16H20ClFN2. The van der Waals surface area contributed by atoms with Crippen LogP contribution in [0, 0.1) is 28.5 Å². The Kier molecular flexibility index (Phi) is 4.36. The molecule has 1 aromatic carbocycles. The zero-order valence-electron chi connectivity index (χ0n) is 12.1. The first-order valence-electron chi connectivity index (χ1n) is 6.90. The average Bonchev–Trinajstić information content (AvgIpc) is 2.73. The third kappa shape index (κ3) is 3.13. The highest BCUT2D eigenvalue weighted by atomic mass is 35.5. The van der Waals surface area contributed by atoms with Gasteiger partial charge in [0.25, 0.3) is 0 Å². The molecule has 0 spiro atoms. The average molecular weight is 295 g/mol. The van der Waals surface area contributed by atoms with Gasteiger partial charge in [0.05, 0.1) is 17.0 Å². The molecule has 2 rings (SSSR count). The van der Waals surface area contributed by atoms with Gasteiger partial charge in [-0.05, 0) is 23.5 Å². The Morgan fingerprint density at radius 2 is 2.15 bits per heavy atom. The molecule has 0 aromatic heterocycles. The summed E-state index contributed by atoms with van der Waals surface area (Å²) in [5, 5.41) is 13.0. The Bertz CT molecular complexity index is 530. The van der Waals surface area contributed by atoms with E-state index in [1.165, 1.54) is 6.07 Å². The topological polar surface area (TPSA) is 35.8 Å². The lowest BCUT2D eigenvalue weighted by atomic mass is 9.79. The van der Waals surface area contributed by atoms with Gasteiger partial charge >= 0.3 is 0 Å². The van der Waals surface area contributed by atoms with Gasteiger partial charge in [-0.2, -0.15) is 5.26 Å². The Balaban J connectivity index is 2.26. The number of nitrogens with zero attached hydrogens (tertiary/aromatic N) is 1. The number of halogens is 2. The van der Waals surface area contributed by atoms with Gasteiger partial charge in [-0.1, -0.05) is 44.5 Å². The van der Waals surface area contributed by atoms with Gasteiger partial charge in [0.2, 0.25) is 0 Å². The summed E-state index contributed by atoms with van der Waals surface area (Å²) in [5.41, 5.74) is 0.683. The highest BCUT2D eigenvalue weighted by Crippen LogP contribution is 2.38. The monoisotopic (exact) mass is 294 g/mol. The zero-order chi connectivity index (χ0) is 14.9. The van der Waals surface area contributed by atoms with Crippen molar-refractivity contribution in [3.8, 4) is 6.07 Å². The lowest BCUT2D eigenvalue weighted by Gasteiger charge is -2.26. The number of nitriles is 1. The van der Waals surface area contributed by atoms with Crippen molar-refractivity contribution in [3.05, 3.63) is 34.6 Å². The molecule has 3 atom stereocenters. The fourth-order valence-corrected chi connectivity index (χ4v) is 3.14. The molecule has 0 bridgehead atoms. The van der Waals surface area contributed by atoms with Gasteiger partial charge in [0.1, 0.15) is 5.82 Å². The Morgan fingerprint density at radius 1 is 1.45 bits per heavy atom. The summed E-state index contributed by atoms with van der Waals surface area (Å²) in [6.07, 6.45) is 0.893. The molecule has 4 heteroatoms. The van der Waals surface area contributed by atoms with Crippen LogP contribution in [0.2, 0.25) is 5.02 Å². The minimum atomic E-state index is -0.391. The molecule has 1 aromatic rings. The van der Waals surface area contributed by atoms with Crippen LogP contribution in [0.3, 0.4) is 0 Å². The van der Waals surface area contributed by atoms with E-state index >= 15 is 0 Å². The predicted octanol–water partition coefficient (Wildman–Crippen LogP) is 4.11. The van der Waals surface area contributed by atoms with Crippen LogP contribution >= 0.6 is 11.6 Å². The minimum Gasteiger partial charge on any atom is -0.312 e. The Morgan fingerprint density at radius 3 is 2.75 bits per heavy atom. The van der Waals surface area contributed by atoms with Crippen LogP contribution in [-0.4, -0.2) is 12.6 Å². The normalized spacial score (nSPS) is 26.5. The molecule has 0 radical (unpaired) electrons. The second kappa shape index (κ2) is 5.71. The van der Waals surface area contributed by atoms with E-state index in [4.69, 9.17) is 11.6 Å². The number of benzene rings is 1. The molecular weight excluding hydrogens is 275 g/mol. The maximum absolute atomic E-state index is 14.2. The fraction of sp³-hybridized carbons (Fsp3) is 0.562. The summed E-state index contributed by atoms with van der Waals surface area (Å²) < 4.78 is 14.2. The van der Waals surface area contributed by atoms with E-state index in [0.29, 0.717) is 12.1 Å². The molecule has 0 aliphatic carbocycles. The van der Waals surface area contributed by atoms with E-state index in [9.17, 15) is 9.65 Å². The van der Waals surface area contributed by atoms with Crippen LogP contribution in [0.5, 0.6) is 0 Å². The maximum atomic E-state index is 14.2. The van der Waals surface area contributed by atoms with Crippen molar-refractivity contribution in [1.82, 2.24) is 5.32 Å². The summed E-state index contributed by atoms with van der Waals surface area (Å²) in [5.74, 6) is -0.745. The van der Waals surface area contributed by atoms with Crippen LogP contribution < -0.4 is 5.32 Å². The molecule has 2 nitrogen and oxygen atoms in total. The van der Waals surface area contributed by atoms with Gasteiger partial charge in [0, 0.05) is 18.5 Å². The largest absolute Gasteiger partial charge is 0.312 e. The zero-order valence-corrected chi connectivity index (χ0v) is 12.8. The first kappa shape index (κ1) is 15.3. The summed E-state index contributed by atoms with van der Waals surface area (Å²) in [7, 11) is 0. The summed E-state index contributed by atoms with van der Waals surface area (Å²) in [6.45, 7) is 7.07. The van der Waals surface area contributed by atoms with Crippen LogP contribution in [0.25, 0.3) is 0 Å². The summed E-state index contributed by atoms with van der Waals surface area (Å²) in [4.78, 5) is 0. The lowest BCUT2D eigenvalue weighted by molar-refractivity contribution is 0.304. The number of hydrogen-bond donors (Lipinski definition) is 1. The van der Waals surface area contributed by atoms with Gasteiger partial charge in [-0.3, -0.25) is 0 Å². The standard InChI is InChI=1S/C16H20ClFN2/c1-16(2,3)7-14-11(8-19)12(9-20-14)10-5-4-6-13(17)15(10)18/h4-6,11-12,14,20H,7,9H2,1-3H3/t11-,12+,14-/m0/s1. The fourth-order valence-electron chi connectivity index (χ4n) is 2.96. The number of nitrogens with one attached hydrogen (secondary N) is 1. The first-order chi connectivity index (χ1) is 9.33. The highest BCUT2D eigenvalue weighted by molar-refractivity contribution is 6.30. The highest BCUT2D eigenvalue weighted by Gasteiger charge is 2.39. The van der Waals surface area contributed by atoms with Crippen LogP contribution in [0.4, 0.5) is 4.39 Å². The van der Waals surface area contributed by atoms with Crippen LogP contribution in [0.1, 0.15) is 38.7 Å². The van der Waals surface area contributed by atoms with E-state index in [2.05, 4.69) is 32.2 Å². The molecule has 20 heavy (non-hydrogen) atoms. The van der Waals surface area contributed by atoms with E-state index in [-0.39, 0.29) is 28.3 Å². The van der Waals surface area contributed by atoms with Gasteiger partial charge < -0.3 is 5.32 Å². The SMILES string of the molecule is CC(C)(C)C[C@@H]1NC[C@H](c2cccc(Cl)c2F)[C@@H]1C#N. The molecule has 1 aliphatic rings. The molecule has 0 saturated carbocycles. The van der Waals surface area contributed by atoms with Gasteiger partial charge in [-0.25, -0.2) is 4.39 Å². The van der Waals surface area contributed by atoms with E-state index in [0.717, 1.165) is 6.42 Å². The van der Waals surface area contributed by atoms with Crippen molar-refractivity contribution in [2.24, 2.45) is 11.3 Å². The quantitative estimate of drug-likeness (QED) is 0.891. The molecule has 1 fully saturated rings. The van der Waals surface area contributed by atoms with Crippen molar-refractivity contribution in [1.29, 1.82) is 5.26 Å². The third-order valence-electron chi connectivity index (χ3n) is 3.83. The van der Waals surface area contributed by atoms with Crippen molar-refractivity contribution in [3.63, 3.8) is 0 Å². The molecule has 1 heterocycles. The van der Waals surface area contributed by atoms with Crippen molar-refractivity contribution >= 4 is 11.6 Å². The summed E-state index contributed by atoms with van der Waals surface area (Å²) in [6, 6.07) is 7.47. The van der Waals surface area contributed by atoms with Crippen molar-refractivity contribution in [2.75, 3.05) is 6.54 Å². The minimum absolute atomic E-state index is 0.100. The molecule has 0 unspecified atom stereocenters. The second-order valence-electron chi connectivity index (χ2n) is 6.68. The second-order valence-corrected chi connectivity index (χ2v) is 7.09. The predicted molar refractivity (Wildman–Crippen MR) is 79.1 cm³/mol. The smallest absolute Gasteiger partial charge is 0.145 e. The van der Waals surface area contributed by atoms with Crippen molar-refractivity contribution < 1.29 is 4.39 Å². The van der Waals surface area contributed by atoms with E-state index in [1.54, 1.807) is 12.1 Å². The molecule has 1 aliphatic heterocycles. The molecule has 1 N–H and O–H groups in total. The maximum Gasteiger partial charge on any atom is 0.145 e.